The Hall–Kier alpha value is -2.37. The number of aromatic amines is 1. The number of hydrogen-bond donors (Lipinski definition) is 2. The molecule has 0 radical (unpaired) electrons. The molecular weight excluding hydrogens is 212 g/mol. The van der Waals surface area contributed by atoms with Crippen molar-refractivity contribution in [3.63, 3.8) is 0 Å². The molecule has 0 saturated heterocycles. The number of nitrogens with one attached hydrogen (secondary N) is 1. The molecule has 0 aliphatic heterocycles. The lowest BCUT2D eigenvalue weighted by Crippen LogP contribution is -2.39. The molecule has 16 heavy (non-hydrogen) atoms. The molecule has 0 fully saturated rings. The molecule has 0 aliphatic rings. The molecular formula is C10H8N2O4. The second kappa shape index (κ2) is 3.34. The molecule has 6 nitrogen and oxygen atoms in total. The van der Waals surface area contributed by atoms with Gasteiger partial charge in [0, 0.05) is 0 Å². The van der Waals surface area contributed by atoms with Crippen LogP contribution in [0.15, 0.2) is 27.8 Å². The fourth-order valence-electron chi connectivity index (χ4n) is 1.60. The zero-order valence-corrected chi connectivity index (χ0v) is 8.35. The average Bonchev–Trinajstić information content (AvgIpc) is 2.15. The lowest BCUT2D eigenvalue weighted by Gasteiger charge is -2.03. The van der Waals surface area contributed by atoms with Crippen molar-refractivity contribution in [2.75, 3.05) is 0 Å². The van der Waals surface area contributed by atoms with Crippen LogP contribution >= 0.6 is 0 Å². The highest BCUT2D eigenvalue weighted by Crippen LogP contribution is 2.09. The fourth-order valence-corrected chi connectivity index (χ4v) is 1.60. The van der Waals surface area contributed by atoms with E-state index in [0.717, 1.165) is 0 Å². The van der Waals surface area contributed by atoms with Gasteiger partial charge in [0.25, 0.3) is 5.56 Å². The van der Waals surface area contributed by atoms with Crippen molar-refractivity contribution in [1.29, 1.82) is 0 Å². The lowest BCUT2D eigenvalue weighted by atomic mass is 10.1. The second-order valence-electron chi connectivity index (χ2n) is 3.35. The summed E-state index contributed by atoms with van der Waals surface area (Å²) in [7, 11) is 0. The smallest absolute Gasteiger partial charge is 0.422 e. The van der Waals surface area contributed by atoms with Crippen molar-refractivity contribution in [3.05, 3.63) is 44.6 Å². The van der Waals surface area contributed by atoms with E-state index >= 15 is 0 Å². The van der Waals surface area contributed by atoms with E-state index < -0.39 is 17.3 Å². The largest absolute Gasteiger partial charge is 0.464 e. The first-order valence-electron chi connectivity index (χ1n) is 4.50. The van der Waals surface area contributed by atoms with Crippen LogP contribution in [-0.4, -0.2) is 20.8 Å². The van der Waals surface area contributed by atoms with Crippen molar-refractivity contribution < 1.29 is 9.90 Å². The number of rotatable bonds is 0. The maximum Gasteiger partial charge on any atom is 0.422 e. The summed E-state index contributed by atoms with van der Waals surface area (Å²) in [5.74, 6) is 0. The summed E-state index contributed by atoms with van der Waals surface area (Å²) in [5.41, 5.74) is -0.804. The first-order chi connectivity index (χ1) is 7.52. The summed E-state index contributed by atoms with van der Waals surface area (Å²) in [6.07, 6.45) is -1.59. The zero-order chi connectivity index (χ0) is 11.9. The highest BCUT2D eigenvalue weighted by atomic mass is 16.4. The van der Waals surface area contributed by atoms with Crippen LogP contribution in [0.2, 0.25) is 0 Å². The fraction of sp³-hybridized carbons (Fsp3) is 0.100. The SMILES string of the molecule is Cc1cccc2[nH]c(=O)n(C(=O)O)c(=O)c12. The molecule has 1 aromatic heterocycles. The van der Waals surface area contributed by atoms with Gasteiger partial charge >= 0.3 is 11.8 Å². The Morgan fingerprint density at radius 2 is 2.06 bits per heavy atom. The Labute approximate surface area is 88.8 Å². The van der Waals surface area contributed by atoms with Gasteiger partial charge in [-0.1, -0.05) is 12.1 Å². The van der Waals surface area contributed by atoms with Gasteiger partial charge in [-0.25, -0.2) is 9.59 Å². The highest BCUT2D eigenvalue weighted by molar-refractivity contribution is 5.83. The van der Waals surface area contributed by atoms with Crippen LogP contribution in [0.1, 0.15) is 5.56 Å². The quantitative estimate of drug-likeness (QED) is 0.677. The van der Waals surface area contributed by atoms with Gasteiger partial charge in [-0.2, -0.15) is 4.57 Å². The molecule has 0 atom stereocenters. The maximum absolute atomic E-state index is 11.8. The van der Waals surface area contributed by atoms with Crippen LogP contribution in [0.25, 0.3) is 10.9 Å². The third-order valence-corrected chi connectivity index (χ3v) is 2.33. The molecule has 6 heteroatoms. The van der Waals surface area contributed by atoms with Crippen molar-refractivity contribution in [2.24, 2.45) is 0 Å². The van der Waals surface area contributed by atoms with E-state index in [4.69, 9.17) is 5.11 Å². The molecule has 0 bridgehead atoms. The summed E-state index contributed by atoms with van der Waals surface area (Å²) < 4.78 is 0.162. The normalized spacial score (nSPS) is 10.6. The van der Waals surface area contributed by atoms with Gasteiger partial charge in [0.2, 0.25) is 0 Å². The Morgan fingerprint density at radius 3 is 2.69 bits per heavy atom. The van der Waals surface area contributed by atoms with E-state index in [1.165, 1.54) is 0 Å². The number of carboxylic acid groups (broad SMARTS) is 1. The number of hydrogen-bond acceptors (Lipinski definition) is 3. The minimum Gasteiger partial charge on any atom is -0.464 e. The molecule has 1 heterocycles. The van der Waals surface area contributed by atoms with Gasteiger partial charge in [-0.15, -0.1) is 0 Å². The summed E-state index contributed by atoms with van der Waals surface area (Å²) >= 11 is 0. The Bertz CT molecular complexity index is 696. The van der Waals surface area contributed by atoms with Crippen LogP contribution in [0.3, 0.4) is 0 Å². The first-order valence-corrected chi connectivity index (χ1v) is 4.50. The number of H-pyrrole nitrogens is 1. The number of nitrogens with zero attached hydrogens (tertiary/aromatic N) is 1. The predicted molar refractivity (Wildman–Crippen MR) is 57.0 cm³/mol. The van der Waals surface area contributed by atoms with E-state index in [9.17, 15) is 14.4 Å². The van der Waals surface area contributed by atoms with Gasteiger partial charge in [0.1, 0.15) is 0 Å². The molecule has 0 aliphatic carbocycles. The Balaban J connectivity index is 3.10. The van der Waals surface area contributed by atoms with E-state index in [1.807, 2.05) is 0 Å². The Morgan fingerprint density at radius 1 is 1.38 bits per heavy atom. The molecule has 1 aromatic carbocycles. The zero-order valence-electron chi connectivity index (χ0n) is 8.35. The molecule has 82 valence electrons. The number of carbonyl (C=O) groups is 1. The van der Waals surface area contributed by atoms with Crippen LogP contribution < -0.4 is 11.2 Å². The van der Waals surface area contributed by atoms with Crippen LogP contribution in [0, 0.1) is 6.92 Å². The third kappa shape index (κ3) is 1.31. The van der Waals surface area contributed by atoms with Gasteiger partial charge < -0.3 is 10.1 Å². The second-order valence-corrected chi connectivity index (χ2v) is 3.35. The predicted octanol–water partition coefficient (Wildman–Crippen LogP) is 0.524. The van der Waals surface area contributed by atoms with Crippen molar-refractivity contribution in [3.8, 4) is 0 Å². The van der Waals surface area contributed by atoms with Gasteiger partial charge in [-0.05, 0) is 18.6 Å². The monoisotopic (exact) mass is 220 g/mol. The van der Waals surface area contributed by atoms with Crippen molar-refractivity contribution in [1.82, 2.24) is 9.55 Å². The molecule has 2 aromatic rings. The summed E-state index contributed by atoms with van der Waals surface area (Å²) in [5, 5.41) is 8.95. The summed E-state index contributed by atoms with van der Waals surface area (Å²) in [6, 6.07) is 4.91. The molecule has 0 unspecified atom stereocenters. The topological polar surface area (TPSA) is 92.2 Å². The van der Waals surface area contributed by atoms with E-state index in [1.54, 1.807) is 25.1 Å². The van der Waals surface area contributed by atoms with E-state index in [0.29, 0.717) is 11.1 Å². The van der Waals surface area contributed by atoms with E-state index in [2.05, 4.69) is 4.98 Å². The molecule has 0 saturated carbocycles. The highest BCUT2D eigenvalue weighted by Gasteiger charge is 2.13. The molecule has 0 amide bonds. The number of aryl methyl sites for hydroxylation is 1. The standard InChI is InChI=1S/C10H8N2O4/c1-5-3-2-4-6-7(5)8(13)12(10(15)16)9(14)11-6/h2-4H,1H3,(H,11,14)(H,15,16). The van der Waals surface area contributed by atoms with Crippen LogP contribution in [0.5, 0.6) is 0 Å². The summed E-state index contributed by atoms with van der Waals surface area (Å²) in [4.78, 5) is 36.2. The van der Waals surface area contributed by atoms with Gasteiger partial charge in [-0.3, -0.25) is 4.79 Å². The van der Waals surface area contributed by atoms with Crippen LogP contribution in [-0.2, 0) is 0 Å². The van der Waals surface area contributed by atoms with E-state index in [-0.39, 0.29) is 9.95 Å². The average molecular weight is 220 g/mol. The molecule has 0 spiro atoms. The summed E-state index contributed by atoms with van der Waals surface area (Å²) in [6.45, 7) is 1.67. The van der Waals surface area contributed by atoms with Crippen LogP contribution in [0.4, 0.5) is 4.79 Å². The molecule has 2 rings (SSSR count). The number of aromatic nitrogens is 2. The van der Waals surface area contributed by atoms with Gasteiger partial charge in [0.15, 0.2) is 0 Å². The number of fused-ring (bicyclic) bond motifs is 1. The minimum absolute atomic E-state index is 0.162. The Kier molecular flexibility index (Phi) is 2.12. The first kappa shape index (κ1) is 10.2. The minimum atomic E-state index is -1.59. The van der Waals surface area contributed by atoms with Gasteiger partial charge in [0.05, 0.1) is 10.9 Å². The van der Waals surface area contributed by atoms with Crippen molar-refractivity contribution in [2.45, 2.75) is 6.92 Å². The van der Waals surface area contributed by atoms with Crippen molar-refractivity contribution >= 4 is 17.0 Å². The lowest BCUT2D eigenvalue weighted by molar-refractivity contribution is 0.194. The maximum atomic E-state index is 11.8. The number of benzene rings is 1. The molecule has 2 N–H and O–H groups in total. The third-order valence-electron chi connectivity index (χ3n) is 2.33.